The molecule has 5 heteroatoms. The van der Waals surface area contributed by atoms with Gasteiger partial charge in [0.15, 0.2) is 0 Å². The van der Waals surface area contributed by atoms with E-state index < -0.39 is 0 Å². The molecule has 0 fully saturated rings. The minimum Gasteiger partial charge on any atom is -0.354 e. The van der Waals surface area contributed by atoms with E-state index in [4.69, 9.17) is 11.6 Å². The Labute approximate surface area is 179 Å². The number of aryl methyl sites for hydroxylation is 1. The maximum atomic E-state index is 12.3. The molecular weight excluding hydrogens is 400 g/mol. The Morgan fingerprint density at radius 3 is 2.48 bits per heavy atom. The van der Waals surface area contributed by atoms with Crippen LogP contribution in [0.1, 0.15) is 15.9 Å². The van der Waals surface area contributed by atoms with Crippen molar-refractivity contribution < 1.29 is 4.79 Å². The molecule has 0 saturated carbocycles. The second-order valence-electron chi connectivity index (χ2n) is 6.85. The van der Waals surface area contributed by atoms with Crippen LogP contribution in [0.2, 0.25) is 5.02 Å². The van der Waals surface area contributed by atoms with E-state index in [1.165, 1.54) is 21.4 Å². The van der Waals surface area contributed by atoms with Gasteiger partial charge < -0.3 is 10.3 Å². The first-order valence-corrected chi connectivity index (χ1v) is 10.8. The number of carbonyl (C=O) groups is 1. The third-order valence-electron chi connectivity index (χ3n) is 4.74. The summed E-state index contributed by atoms with van der Waals surface area (Å²) in [6.07, 6.45) is 0. The Balaban J connectivity index is 1.48. The molecule has 29 heavy (non-hydrogen) atoms. The third kappa shape index (κ3) is 4.50. The van der Waals surface area contributed by atoms with Crippen molar-refractivity contribution >= 4 is 40.2 Å². The second-order valence-corrected chi connectivity index (χ2v) is 8.39. The Morgan fingerprint density at radius 1 is 1.00 bits per heavy atom. The highest BCUT2D eigenvalue weighted by molar-refractivity contribution is 7.99. The zero-order chi connectivity index (χ0) is 20.2. The minimum atomic E-state index is -0.0834. The molecule has 1 aromatic heterocycles. The summed E-state index contributed by atoms with van der Waals surface area (Å²) in [7, 11) is 0. The second kappa shape index (κ2) is 8.76. The molecule has 0 bridgehead atoms. The number of nitrogens with one attached hydrogen (secondary N) is 2. The number of aromatic amines is 1. The molecule has 2 N–H and O–H groups in total. The standard InChI is InChI=1S/C24H21ClN2OS/c1-16-6-8-17(9-7-16)22-23(20-4-2-3-5-21(20)27-22)29-15-14-26-24(28)18-10-12-19(25)13-11-18/h2-13,27H,14-15H2,1H3,(H,26,28). The molecule has 4 aromatic rings. The van der Waals surface area contributed by atoms with Crippen molar-refractivity contribution in [3.63, 3.8) is 0 Å². The predicted octanol–water partition coefficient (Wildman–Crippen LogP) is 6.32. The number of benzene rings is 3. The molecule has 0 unspecified atom stereocenters. The lowest BCUT2D eigenvalue weighted by molar-refractivity contribution is 0.0956. The van der Waals surface area contributed by atoms with Crippen LogP contribution in [-0.4, -0.2) is 23.2 Å². The highest BCUT2D eigenvalue weighted by Gasteiger charge is 2.13. The fourth-order valence-corrected chi connectivity index (χ4v) is 4.39. The molecule has 0 saturated heterocycles. The van der Waals surface area contributed by atoms with Crippen LogP contribution in [0.5, 0.6) is 0 Å². The summed E-state index contributed by atoms with van der Waals surface area (Å²) in [5.74, 6) is 0.694. The van der Waals surface area contributed by atoms with Crippen molar-refractivity contribution in [2.45, 2.75) is 11.8 Å². The molecule has 4 rings (SSSR count). The lowest BCUT2D eigenvalue weighted by Crippen LogP contribution is -2.25. The molecule has 1 amide bonds. The van der Waals surface area contributed by atoms with Crippen molar-refractivity contribution in [2.24, 2.45) is 0 Å². The quantitative estimate of drug-likeness (QED) is 0.283. The number of H-pyrrole nitrogens is 1. The third-order valence-corrected chi connectivity index (χ3v) is 6.11. The maximum absolute atomic E-state index is 12.3. The van der Waals surface area contributed by atoms with Crippen molar-refractivity contribution in [3.05, 3.63) is 88.9 Å². The highest BCUT2D eigenvalue weighted by Crippen LogP contribution is 2.37. The highest BCUT2D eigenvalue weighted by atomic mass is 35.5. The van der Waals surface area contributed by atoms with E-state index in [9.17, 15) is 4.79 Å². The van der Waals surface area contributed by atoms with Gasteiger partial charge in [0, 0.05) is 38.7 Å². The Bertz CT molecular complexity index is 1130. The van der Waals surface area contributed by atoms with Crippen LogP contribution in [0.3, 0.4) is 0 Å². The molecule has 146 valence electrons. The number of hydrogen-bond donors (Lipinski definition) is 2. The largest absolute Gasteiger partial charge is 0.354 e. The number of aromatic nitrogens is 1. The first-order valence-electron chi connectivity index (χ1n) is 9.46. The number of para-hydroxylation sites is 1. The molecule has 0 aliphatic rings. The van der Waals surface area contributed by atoms with Crippen LogP contribution >= 0.6 is 23.4 Å². The topological polar surface area (TPSA) is 44.9 Å². The van der Waals surface area contributed by atoms with Gasteiger partial charge in [-0.15, -0.1) is 11.8 Å². The van der Waals surface area contributed by atoms with Crippen molar-refractivity contribution in [2.75, 3.05) is 12.3 Å². The van der Waals surface area contributed by atoms with E-state index >= 15 is 0 Å². The first-order chi connectivity index (χ1) is 14.1. The Hall–Kier alpha value is -2.69. The van der Waals surface area contributed by atoms with Gasteiger partial charge in [0.2, 0.25) is 0 Å². The summed E-state index contributed by atoms with van der Waals surface area (Å²) >= 11 is 7.64. The van der Waals surface area contributed by atoms with Crippen LogP contribution in [0.4, 0.5) is 0 Å². The van der Waals surface area contributed by atoms with Gasteiger partial charge in [-0.1, -0.05) is 59.6 Å². The average Bonchev–Trinajstić information content (AvgIpc) is 3.10. The monoisotopic (exact) mass is 420 g/mol. The van der Waals surface area contributed by atoms with Gasteiger partial charge in [-0.3, -0.25) is 4.79 Å². The van der Waals surface area contributed by atoms with E-state index in [-0.39, 0.29) is 5.91 Å². The van der Waals surface area contributed by atoms with Crippen molar-refractivity contribution in [1.82, 2.24) is 10.3 Å². The van der Waals surface area contributed by atoms with Crippen LogP contribution in [0.25, 0.3) is 22.2 Å². The summed E-state index contributed by atoms with van der Waals surface area (Å²) in [6.45, 7) is 2.67. The molecule has 0 aliphatic carbocycles. The van der Waals surface area contributed by atoms with E-state index in [1.807, 2.05) is 6.07 Å². The van der Waals surface area contributed by atoms with E-state index in [0.717, 1.165) is 17.0 Å². The lowest BCUT2D eigenvalue weighted by Gasteiger charge is -2.08. The van der Waals surface area contributed by atoms with Gasteiger partial charge >= 0.3 is 0 Å². The number of fused-ring (bicyclic) bond motifs is 1. The fourth-order valence-electron chi connectivity index (χ4n) is 3.21. The molecule has 0 spiro atoms. The summed E-state index contributed by atoms with van der Waals surface area (Å²) in [5.41, 5.74) is 5.27. The number of halogens is 1. The van der Waals surface area contributed by atoms with Crippen LogP contribution in [-0.2, 0) is 0 Å². The summed E-state index contributed by atoms with van der Waals surface area (Å²) in [4.78, 5) is 17.1. The van der Waals surface area contributed by atoms with Crippen molar-refractivity contribution in [3.8, 4) is 11.3 Å². The van der Waals surface area contributed by atoms with Gasteiger partial charge in [0.1, 0.15) is 0 Å². The first kappa shape index (κ1) is 19.6. The number of thioether (sulfide) groups is 1. The Morgan fingerprint density at radius 2 is 1.72 bits per heavy atom. The summed E-state index contributed by atoms with van der Waals surface area (Å²) in [5, 5.41) is 4.81. The molecule has 3 nitrogen and oxygen atoms in total. The van der Waals surface area contributed by atoms with Crippen LogP contribution in [0.15, 0.2) is 77.7 Å². The maximum Gasteiger partial charge on any atom is 0.251 e. The zero-order valence-electron chi connectivity index (χ0n) is 16.0. The molecule has 0 aliphatic heterocycles. The summed E-state index contributed by atoms with van der Waals surface area (Å²) in [6, 6.07) is 23.8. The van der Waals surface area contributed by atoms with Gasteiger partial charge in [-0.25, -0.2) is 0 Å². The number of hydrogen-bond acceptors (Lipinski definition) is 2. The Kier molecular flexibility index (Phi) is 5.93. The lowest BCUT2D eigenvalue weighted by atomic mass is 10.1. The van der Waals surface area contributed by atoms with Gasteiger partial charge in [0.05, 0.1) is 5.69 Å². The summed E-state index contributed by atoms with van der Waals surface area (Å²) < 4.78 is 0. The van der Waals surface area contributed by atoms with Crippen LogP contribution < -0.4 is 5.32 Å². The van der Waals surface area contributed by atoms with Gasteiger partial charge in [0.25, 0.3) is 5.91 Å². The normalized spacial score (nSPS) is 11.0. The average molecular weight is 421 g/mol. The van der Waals surface area contributed by atoms with E-state index in [0.29, 0.717) is 17.1 Å². The number of rotatable bonds is 6. The molecule has 1 heterocycles. The van der Waals surface area contributed by atoms with Crippen molar-refractivity contribution in [1.29, 1.82) is 0 Å². The SMILES string of the molecule is Cc1ccc(-c2[nH]c3ccccc3c2SCCNC(=O)c2ccc(Cl)cc2)cc1. The number of carbonyl (C=O) groups excluding carboxylic acids is 1. The van der Waals surface area contributed by atoms with Gasteiger partial charge in [-0.05, 0) is 42.8 Å². The van der Waals surface area contributed by atoms with Crippen LogP contribution in [0, 0.1) is 6.92 Å². The van der Waals surface area contributed by atoms with Gasteiger partial charge in [-0.2, -0.15) is 0 Å². The number of amides is 1. The van der Waals surface area contributed by atoms with E-state index in [2.05, 4.69) is 59.7 Å². The molecule has 0 radical (unpaired) electrons. The van der Waals surface area contributed by atoms with E-state index in [1.54, 1.807) is 36.0 Å². The smallest absolute Gasteiger partial charge is 0.251 e. The molecule has 3 aromatic carbocycles. The zero-order valence-corrected chi connectivity index (χ0v) is 17.6. The molecule has 0 atom stereocenters. The minimum absolute atomic E-state index is 0.0834. The molecular formula is C24H21ClN2OS. The predicted molar refractivity (Wildman–Crippen MR) is 123 cm³/mol. The fraction of sp³-hybridized carbons (Fsp3) is 0.125.